The standard InChI is InChI=1S/C3H8B2N2/c4-6-1-2-7(5)3-6/h1-2H,3-5H2. The van der Waals surface area contributed by atoms with Gasteiger partial charge in [0.2, 0.25) is 16.0 Å². The first-order valence-corrected chi connectivity index (χ1v) is 2.38. The zero-order chi connectivity index (χ0) is 5.28. The van der Waals surface area contributed by atoms with E-state index in [1.165, 1.54) is 0 Å². The normalized spacial score (nSPS) is 18.9. The molecule has 0 spiro atoms. The molecule has 0 aromatic heterocycles. The molecule has 1 aliphatic heterocycles. The second-order valence-electron chi connectivity index (χ2n) is 1.95. The molecule has 1 heterocycles. The van der Waals surface area contributed by atoms with E-state index in [-0.39, 0.29) is 0 Å². The van der Waals surface area contributed by atoms with Crippen LogP contribution in [0.1, 0.15) is 0 Å². The summed E-state index contributed by atoms with van der Waals surface area (Å²) < 4.78 is 0. The SMILES string of the molecule is BN1C=CN(B)C1. The lowest BCUT2D eigenvalue weighted by Crippen LogP contribution is -2.20. The molecule has 7 heavy (non-hydrogen) atoms. The Morgan fingerprint density at radius 3 is 1.71 bits per heavy atom. The minimum Gasteiger partial charge on any atom is -0.412 e. The highest BCUT2D eigenvalue weighted by Crippen LogP contribution is 1.96. The third-order valence-electron chi connectivity index (χ3n) is 1.02. The molecule has 0 aliphatic carbocycles. The maximum absolute atomic E-state index is 2.12. The van der Waals surface area contributed by atoms with Gasteiger partial charge in [-0.3, -0.25) is 0 Å². The zero-order valence-electron chi connectivity index (χ0n) is 4.76. The molecule has 0 saturated carbocycles. The monoisotopic (exact) mass is 94.1 g/mol. The van der Waals surface area contributed by atoms with Gasteiger partial charge >= 0.3 is 0 Å². The van der Waals surface area contributed by atoms with Crippen LogP contribution in [0.4, 0.5) is 0 Å². The van der Waals surface area contributed by atoms with Gasteiger partial charge in [-0.05, 0) is 0 Å². The van der Waals surface area contributed by atoms with Crippen LogP contribution in [0.15, 0.2) is 12.4 Å². The molecule has 0 atom stereocenters. The van der Waals surface area contributed by atoms with Crippen LogP contribution in [0.3, 0.4) is 0 Å². The van der Waals surface area contributed by atoms with E-state index in [1.807, 2.05) is 0 Å². The quantitative estimate of drug-likeness (QED) is 0.324. The van der Waals surface area contributed by atoms with E-state index >= 15 is 0 Å². The van der Waals surface area contributed by atoms with Crippen LogP contribution in [-0.2, 0) is 0 Å². The topological polar surface area (TPSA) is 6.48 Å². The zero-order valence-corrected chi connectivity index (χ0v) is 4.76. The summed E-state index contributed by atoms with van der Waals surface area (Å²) in [7, 11) is 4.11. The van der Waals surface area contributed by atoms with Crippen molar-refractivity contribution in [3.63, 3.8) is 0 Å². The van der Waals surface area contributed by atoms with Crippen LogP contribution in [0.5, 0.6) is 0 Å². The fourth-order valence-corrected chi connectivity index (χ4v) is 0.674. The van der Waals surface area contributed by atoms with Gasteiger partial charge in [-0.15, -0.1) is 0 Å². The average Bonchev–Trinajstić information content (AvgIpc) is 1.87. The molecule has 4 heteroatoms. The van der Waals surface area contributed by atoms with Crippen LogP contribution in [0, 0.1) is 0 Å². The number of hydrogen-bond acceptors (Lipinski definition) is 2. The van der Waals surface area contributed by atoms with Crippen molar-refractivity contribution < 1.29 is 0 Å². The summed E-state index contributed by atoms with van der Waals surface area (Å²) in [4.78, 5) is 4.25. The first-order valence-electron chi connectivity index (χ1n) is 2.38. The molecule has 0 N–H and O–H groups in total. The highest BCUT2D eigenvalue weighted by atomic mass is 15.2. The predicted octanol–water partition coefficient (Wildman–Crippen LogP) is -1.87. The molecule has 2 nitrogen and oxygen atoms in total. The third-order valence-corrected chi connectivity index (χ3v) is 1.02. The second-order valence-corrected chi connectivity index (χ2v) is 1.95. The van der Waals surface area contributed by atoms with Crippen LogP contribution in [-0.4, -0.2) is 32.3 Å². The summed E-state index contributed by atoms with van der Waals surface area (Å²) in [6.07, 6.45) is 4.11. The molecule has 0 saturated heterocycles. The largest absolute Gasteiger partial charge is 0.412 e. The minimum atomic E-state index is 1.03. The fraction of sp³-hybridized carbons (Fsp3) is 0.333. The summed E-state index contributed by atoms with van der Waals surface area (Å²) in [6, 6.07) is 0. The Kier molecular flexibility index (Phi) is 1.01. The van der Waals surface area contributed by atoms with E-state index in [0.29, 0.717) is 0 Å². The van der Waals surface area contributed by atoms with Crippen molar-refractivity contribution in [2.75, 3.05) is 6.67 Å². The van der Waals surface area contributed by atoms with Crippen LogP contribution >= 0.6 is 0 Å². The second kappa shape index (κ2) is 1.52. The van der Waals surface area contributed by atoms with Crippen LogP contribution in [0.2, 0.25) is 0 Å². The van der Waals surface area contributed by atoms with Gasteiger partial charge in [-0.25, -0.2) is 0 Å². The van der Waals surface area contributed by atoms with E-state index < -0.39 is 0 Å². The van der Waals surface area contributed by atoms with Gasteiger partial charge in [0.25, 0.3) is 0 Å². The average molecular weight is 93.7 g/mol. The molecular weight excluding hydrogens is 85.7 g/mol. The van der Waals surface area contributed by atoms with Gasteiger partial charge in [0.1, 0.15) is 0 Å². The molecule has 1 aliphatic rings. The van der Waals surface area contributed by atoms with Crippen LogP contribution < -0.4 is 0 Å². The first kappa shape index (κ1) is 4.62. The number of nitrogens with zero attached hydrogens (tertiary/aromatic N) is 2. The van der Waals surface area contributed by atoms with Crippen LogP contribution in [0.25, 0.3) is 0 Å². The van der Waals surface area contributed by atoms with Gasteiger partial charge in [0.15, 0.2) is 0 Å². The van der Waals surface area contributed by atoms with E-state index in [1.54, 1.807) is 0 Å². The molecule has 0 radical (unpaired) electrons. The minimum absolute atomic E-state index is 1.03. The number of hydrogen-bond donors (Lipinski definition) is 0. The van der Waals surface area contributed by atoms with Crippen molar-refractivity contribution in [2.45, 2.75) is 0 Å². The Morgan fingerprint density at radius 1 is 1.14 bits per heavy atom. The molecule has 36 valence electrons. The summed E-state index contributed by atoms with van der Waals surface area (Å²) in [6.45, 7) is 1.03. The van der Waals surface area contributed by atoms with Crippen molar-refractivity contribution in [3.8, 4) is 0 Å². The molecule has 0 aromatic rings. The van der Waals surface area contributed by atoms with Crippen molar-refractivity contribution in [1.29, 1.82) is 0 Å². The summed E-state index contributed by atoms with van der Waals surface area (Å²) >= 11 is 0. The number of rotatable bonds is 0. The highest BCUT2D eigenvalue weighted by Gasteiger charge is 1.99. The molecular formula is C3H8B2N2. The van der Waals surface area contributed by atoms with Gasteiger partial charge in [0.05, 0.1) is 6.67 Å². The van der Waals surface area contributed by atoms with Crippen molar-refractivity contribution in [1.82, 2.24) is 9.62 Å². The summed E-state index contributed by atoms with van der Waals surface area (Å²) in [5.74, 6) is 0. The van der Waals surface area contributed by atoms with Gasteiger partial charge in [-0.1, -0.05) is 0 Å². The Hall–Kier alpha value is -0.530. The maximum Gasteiger partial charge on any atom is 0.219 e. The molecule has 0 amide bonds. The molecule has 1 rings (SSSR count). The third kappa shape index (κ3) is 0.918. The van der Waals surface area contributed by atoms with E-state index in [9.17, 15) is 0 Å². The highest BCUT2D eigenvalue weighted by molar-refractivity contribution is 6.08. The lowest BCUT2D eigenvalue weighted by atomic mass is 10.3. The smallest absolute Gasteiger partial charge is 0.219 e. The fourth-order valence-electron chi connectivity index (χ4n) is 0.674. The lowest BCUT2D eigenvalue weighted by molar-refractivity contribution is 0.496. The Morgan fingerprint density at radius 2 is 1.57 bits per heavy atom. The summed E-state index contributed by atoms with van der Waals surface area (Å²) in [5.41, 5.74) is 0. The molecule has 0 unspecified atom stereocenters. The maximum atomic E-state index is 2.12. The van der Waals surface area contributed by atoms with E-state index in [4.69, 9.17) is 0 Å². The van der Waals surface area contributed by atoms with Gasteiger partial charge in [0, 0.05) is 12.4 Å². The summed E-state index contributed by atoms with van der Waals surface area (Å²) in [5, 5.41) is 0. The molecule has 0 bridgehead atoms. The lowest BCUT2D eigenvalue weighted by Gasteiger charge is -2.11. The molecule has 0 aromatic carbocycles. The Balaban J connectivity index is 2.42. The predicted molar refractivity (Wildman–Crippen MR) is 34.8 cm³/mol. The van der Waals surface area contributed by atoms with Crippen molar-refractivity contribution in [3.05, 3.63) is 12.4 Å². The van der Waals surface area contributed by atoms with Crippen molar-refractivity contribution in [2.24, 2.45) is 0 Å². The van der Waals surface area contributed by atoms with Gasteiger partial charge in [-0.2, -0.15) is 0 Å². The first-order chi connectivity index (χ1) is 3.29. The molecule has 0 fully saturated rings. The Labute approximate surface area is 45.6 Å². The van der Waals surface area contributed by atoms with E-state index in [0.717, 1.165) is 6.67 Å². The van der Waals surface area contributed by atoms with Gasteiger partial charge < -0.3 is 9.62 Å². The van der Waals surface area contributed by atoms with Crippen molar-refractivity contribution >= 4 is 16.0 Å². The van der Waals surface area contributed by atoms with E-state index in [2.05, 4.69) is 38.0 Å². The Bertz CT molecular complexity index is 82.9.